The van der Waals surface area contributed by atoms with Crippen LogP contribution in [0.1, 0.15) is 26.3 Å². The molecule has 1 aromatic rings. The van der Waals surface area contributed by atoms with Gasteiger partial charge in [0, 0.05) is 6.54 Å². The Bertz CT molecular complexity index is 575. The van der Waals surface area contributed by atoms with E-state index in [1.807, 2.05) is 13.8 Å². The van der Waals surface area contributed by atoms with Crippen LogP contribution in [0, 0.1) is 5.92 Å². The van der Waals surface area contributed by atoms with E-state index in [0.717, 1.165) is 0 Å². The summed E-state index contributed by atoms with van der Waals surface area (Å²) in [6.45, 7) is 2.83. The molecule has 0 aromatic heterocycles. The summed E-state index contributed by atoms with van der Waals surface area (Å²) in [6.07, 6.45) is 0. The van der Waals surface area contributed by atoms with E-state index in [4.69, 9.17) is 0 Å². The quantitative estimate of drug-likeness (QED) is 0.851. The number of amides is 3. The van der Waals surface area contributed by atoms with E-state index < -0.39 is 18.2 Å². The molecule has 1 aliphatic rings. The summed E-state index contributed by atoms with van der Waals surface area (Å²) in [5.41, 5.74) is -0.686. The molecule has 0 unspecified atom stereocenters. The summed E-state index contributed by atoms with van der Waals surface area (Å²) in [5.74, 6) is -0.203. The number of ether oxygens (including phenoxy) is 1. The van der Waals surface area contributed by atoms with Gasteiger partial charge in [0.25, 0.3) is 5.91 Å². The molecule has 5 nitrogen and oxygen atoms in total. The smallest absolute Gasteiger partial charge is 0.387 e. The van der Waals surface area contributed by atoms with E-state index in [1.165, 1.54) is 29.2 Å². The van der Waals surface area contributed by atoms with Crippen molar-refractivity contribution in [1.29, 1.82) is 0 Å². The van der Waals surface area contributed by atoms with E-state index >= 15 is 0 Å². The van der Waals surface area contributed by atoms with Crippen molar-refractivity contribution >= 4 is 11.9 Å². The van der Waals surface area contributed by atoms with Gasteiger partial charge >= 0.3 is 12.6 Å². The monoisotopic (exact) mass is 312 g/mol. The van der Waals surface area contributed by atoms with Crippen LogP contribution < -0.4 is 10.1 Å². The highest BCUT2D eigenvalue weighted by Gasteiger charge is 2.48. The average Bonchev–Trinajstić information content (AvgIpc) is 2.63. The molecule has 1 N–H and O–H groups in total. The number of benzene rings is 1. The van der Waals surface area contributed by atoms with Gasteiger partial charge in [-0.05, 0) is 30.5 Å². The van der Waals surface area contributed by atoms with Crippen molar-refractivity contribution in [1.82, 2.24) is 10.2 Å². The van der Waals surface area contributed by atoms with Gasteiger partial charge in [-0.25, -0.2) is 4.79 Å². The number of hydrogen-bond donors (Lipinski definition) is 1. The van der Waals surface area contributed by atoms with Crippen molar-refractivity contribution in [3.8, 4) is 5.75 Å². The number of nitrogens with one attached hydrogen (secondary N) is 1. The molecule has 22 heavy (non-hydrogen) atoms. The Kier molecular flexibility index (Phi) is 4.35. The van der Waals surface area contributed by atoms with E-state index in [-0.39, 0.29) is 17.6 Å². The van der Waals surface area contributed by atoms with Crippen molar-refractivity contribution in [3.05, 3.63) is 29.8 Å². The first-order valence-corrected chi connectivity index (χ1v) is 6.93. The molecule has 1 heterocycles. The number of rotatable bonds is 5. The molecule has 1 atom stereocenters. The van der Waals surface area contributed by atoms with Gasteiger partial charge in [0.1, 0.15) is 11.3 Å². The van der Waals surface area contributed by atoms with Gasteiger partial charge in [-0.15, -0.1) is 0 Å². The zero-order valence-electron chi connectivity index (χ0n) is 12.6. The molecule has 120 valence electrons. The lowest BCUT2D eigenvalue weighted by Crippen LogP contribution is -2.41. The van der Waals surface area contributed by atoms with Crippen LogP contribution in [0.15, 0.2) is 24.3 Å². The van der Waals surface area contributed by atoms with E-state index in [9.17, 15) is 18.4 Å². The molecule has 0 spiro atoms. The fraction of sp³-hybridized carbons (Fsp3) is 0.467. The van der Waals surface area contributed by atoms with Gasteiger partial charge in [0.2, 0.25) is 0 Å². The minimum Gasteiger partial charge on any atom is -0.435 e. The Morgan fingerprint density at radius 3 is 2.32 bits per heavy atom. The fourth-order valence-corrected chi connectivity index (χ4v) is 2.39. The van der Waals surface area contributed by atoms with Crippen LogP contribution in [0.25, 0.3) is 0 Å². The average molecular weight is 312 g/mol. The number of hydrogen-bond acceptors (Lipinski definition) is 3. The lowest BCUT2D eigenvalue weighted by atomic mass is 9.92. The van der Waals surface area contributed by atoms with Crippen molar-refractivity contribution in [2.75, 3.05) is 6.54 Å². The first-order valence-electron chi connectivity index (χ1n) is 6.93. The van der Waals surface area contributed by atoms with Gasteiger partial charge < -0.3 is 10.1 Å². The summed E-state index contributed by atoms with van der Waals surface area (Å²) in [6, 6.07) is 5.23. The maximum Gasteiger partial charge on any atom is 0.387 e. The van der Waals surface area contributed by atoms with Crippen LogP contribution in [-0.4, -0.2) is 30.0 Å². The van der Waals surface area contributed by atoms with Crippen LogP contribution in [0.2, 0.25) is 0 Å². The van der Waals surface area contributed by atoms with E-state index in [0.29, 0.717) is 12.1 Å². The van der Waals surface area contributed by atoms with Crippen molar-refractivity contribution < 1.29 is 23.1 Å². The molecule has 1 fully saturated rings. The molecule has 1 aromatic carbocycles. The Balaban J connectivity index is 2.24. The number of urea groups is 1. The van der Waals surface area contributed by atoms with Crippen LogP contribution >= 0.6 is 0 Å². The number of nitrogens with zero attached hydrogens (tertiary/aromatic N) is 1. The Morgan fingerprint density at radius 2 is 1.82 bits per heavy atom. The lowest BCUT2D eigenvalue weighted by molar-refractivity contribution is -0.131. The van der Waals surface area contributed by atoms with Crippen LogP contribution in [-0.2, 0) is 10.3 Å². The third-order valence-electron chi connectivity index (χ3n) is 3.48. The Morgan fingerprint density at radius 1 is 1.23 bits per heavy atom. The molecular weight excluding hydrogens is 294 g/mol. The second-order valence-electron chi connectivity index (χ2n) is 5.77. The number of carbonyl (C=O) groups is 2. The maximum absolute atomic E-state index is 12.5. The third-order valence-corrected chi connectivity index (χ3v) is 3.48. The highest BCUT2D eigenvalue weighted by molar-refractivity contribution is 6.07. The van der Waals surface area contributed by atoms with Crippen molar-refractivity contribution in [3.63, 3.8) is 0 Å². The zero-order valence-corrected chi connectivity index (χ0v) is 12.6. The van der Waals surface area contributed by atoms with Crippen molar-refractivity contribution in [2.45, 2.75) is 32.9 Å². The molecule has 1 aliphatic heterocycles. The predicted molar refractivity (Wildman–Crippen MR) is 75.5 cm³/mol. The summed E-state index contributed by atoms with van der Waals surface area (Å²) < 4.78 is 28.6. The zero-order chi connectivity index (χ0) is 16.5. The van der Waals surface area contributed by atoms with Crippen LogP contribution in [0.5, 0.6) is 5.75 Å². The van der Waals surface area contributed by atoms with Gasteiger partial charge in [-0.2, -0.15) is 8.78 Å². The first-order chi connectivity index (χ1) is 10.2. The highest BCUT2D eigenvalue weighted by atomic mass is 19.3. The van der Waals surface area contributed by atoms with Crippen LogP contribution in [0.4, 0.5) is 13.6 Å². The van der Waals surface area contributed by atoms with Crippen molar-refractivity contribution in [2.24, 2.45) is 5.92 Å². The molecule has 7 heteroatoms. The molecule has 3 amide bonds. The highest BCUT2D eigenvalue weighted by Crippen LogP contribution is 2.30. The minimum absolute atomic E-state index is 0.00170. The summed E-state index contributed by atoms with van der Waals surface area (Å²) in [7, 11) is 0. The molecule has 2 rings (SSSR count). The normalized spacial score (nSPS) is 21.7. The largest absolute Gasteiger partial charge is 0.435 e. The number of imide groups is 1. The van der Waals surface area contributed by atoms with Gasteiger partial charge in [0.05, 0.1) is 0 Å². The first kappa shape index (κ1) is 16.2. The van der Waals surface area contributed by atoms with Gasteiger partial charge in [-0.1, -0.05) is 26.0 Å². The van der Waals surface area contributed by atoms with Gasteiger partial charge in [-0.3, -0.25) is 9.69 Å². The lowest BCUT2D eigenvalue weighted by Gasteiger charge is -2.23. The summed E-state index contributed by atoms with van der Waals surface area (Å²) in [5, 5.41) is 2.66. The molecule has 0 saturated carbocycles. The van der Waals surface area contributed by atoms with Gasteiger partial charge in [0.15, 0.2) is 0 Å². The van der Waals surface area contributed by atoms with E-state index in [1.54, 1.807) is 6.92 Å². The van der Waals surface area contributed by atoms with Crippen LogP contribution in [0.3, 0.4) is 0 Å². The standard InChI is InChI=1S/C15H18F2N2O3/c1-9(2)8-19-12(20)15(3,18-14(19)21)10-4-6-11(7-5-10)22-13(16)17/h4-7,9,13H,8H2,1-3H3,(H,18,21)/t15-/m0/s1. The molecular formula is C15H18F2N2O3. The number of alkyl halides is 2. The Labute approximate surface area is 127 Å². The predicted octanol–water partition coefficient (Wildman–Crippen LogP) is 2.71. The number of halogens is 2. The molecule has 0 aliphatic carbocycles. The minimum atomic E-state index is -2.91. The Hall–Kier alpha value is -2.18. The SMILES string of the molecule is CC(C)CN1C(=O)N[C@@](C)(c2ccc(OC(F)F)cc2)C1=O. The summed E-state index contributed by atoms with van der Waals surface area (Å²) >= 11 is 0. The number of carbonyl (C=O) groups excluding carboxylic acids is 2. The molecule has 0 bridgehead atoms. The molecule has 1 saturated heterocycles. The second kappa shape index (κ2) is 5.90. The summed E-state index contributed by atoms with van der Waals surface area (Å²) in [4.78, 5) is 25.7. The molecule has 0 radical (unpaired) electrons. The maximum atomic E-state index is 12.5. The topological polar surface area (TPSA) is 58.6 Å². The second-order valence-corrected chi connectivity index (χ2v) is 5.77. The third kappa shape index (κ3) is 3.03. The van der Waals surface area contributed by atoms with E-state index in [2.05, 4.69) is 10.1 Å². The fourth-order valence-electron chi connectivity index (χ4n) is 2.39.